The maximum absolute atomic E-state index is 12.7. The van der Waals surface area contributed by atoms with Gasteiger partial charge in [0.1, 0.15) is 4.21 Å². The molecule has 1 atom stereocenters. The molecule has 0 saturated carbocycles. The summed E-state index contributed by atoms with van der Waals surface area (Å²) >= 11 is 1.20. The first-order chi connectivity index (χ1) is 11.1. The molecule has 24 heavy (non-hydrogen) atoms. The quantitative estimate of drug-likeness (QED) is 0.669. The lowest BCUT2D eigenvalue weighted by molar-refractivity contribution is 0.350. The number of hydrogen-bond donors (Lipinski definition) is 2. The van der Waals surface area contributed by atoms with Crippen molar-refractivity contribution >= 4 is 31.4 Å². The van der Waals surface area contributed by atoms with Crippen molar-refractivity contribution in [1.29, 1.82) is 0 Å². The van der Waals surface area contributed by atoms with Crippen LogP contribution in [0.4, 0.5) is 0 Å². The van der Waals surface area contributed by atoms with Crippen LogP contribution in [-0.2, 0) is 26.5 Å². The number of rotatable bonds is 8. The molecule has 1 aromatic rings. The normalized spacial score (nSPS) is 23.0. The second-order valence-corrected chi connectivity index (χ2v) is 11.8. The van der Waals surface area contributed by atoms with E-state index < -0.39 is 20.0 Å². The van der Waals surface area contributed by atoms with Crippen molar-refractivity contribution in [2.75, 3.05) is 31.9 Å². The summed E-state index contributed by atoms with van der Waals surface area (Å²) in [6, 6.07) is 3.34. The summed E-state index contributed by atoms with van der Waals surface area (Å²) in [4.78, 5) is 0.841. The molecule has 3 N–H and O–H groups in total. The van der Waals surface area contributed by atoms with Gasteiger partial charge in [-0.3, -0.25) is 0 Å². The van der Waals surface area contributed by atoms with E-state index in [0.717, 1.165) is 11.3 Å². The van der Waals surface area contributed by atoms with Crippen LogP contribution in [0.1, 0.15) is 25.1 Å². The lowest BCUT2D eigenvalue weighted by Crippen LogP contribution is -2.34. The molecule has 0 bridgehead atoms. The fourth-order valence-electron chi connectivity index (χ4n) is 2.54. The van der Waals surface area contributed by atoms with Gasteiger partial charge in [-0.25, -0.2) is 21.6 Å². The van der Waals surface area contributed by atoms with Crippen molar-refractivity contribution in [3.8, 4) is 0 Å². The zero-order valence-corrected chi connectivity index (χ0v) is 16.4. The zero-order chi connectivity index (χ0) is 18.0. The fraction of sp³-hybridized carbons (Fsp3) is 0.714. The van der Waals surface area contributed by atoms with E-state index in [2.05, 4.69) is 4.72 Å². The number of sulfonamides is 2. The fourth-order valence-corrected chi connectivity index (χ4v) is 6.26. The average Bonchev–Trinajstić information content (AvgIpc) is 3.15. The van der Waals surface area contributed by atoms with Crippen LogP contribution in [0, 0.1) is 5.41 Å². The summed E-state index contributed by atoms with van der Waals surface area (Å²) < 4.78 is 52.5. The molecule has 1 fully saturated rings. The van der Waals surface area contributed by atoms with Crippen molar-refractivity contribution < 1.29 is 16.8 Å². The summed E-state index contributed by atoms with van der Waals surface area (Å²) in [6.07, 6.45) is 1.24. The van der Waals surface area contributed by atoms with Crippen molar-refractivity contribution in [3.63, 3.8) is 0 Å². The molecule has 1 aliphatic heterocycles. The first-order valence-electron chi connectivity index (χ1n) is 7.88. The van der Waals surface area contributed by atoms with Crippen molar-refractivity contribution in [2.24, 2.45) is 11.1 Å². The Morgan fingerprint density at radius 1 is 1.33 bits per heavy atom. The van der Waals surface area contributed by atoms with E-state index in [4.69, 9.17) is 5.73 Å². The van der Waals surface area contributed by atoms with Gasteiger partial charge in [0.2, 0.25) is 10.0 Å². The van der Waals surface area contributed by atoms with Gasteiger partial charge in [0, 0.05) is 24.5 Å². The maximum atomic E-state index is 12.7. The largest absolute Gasteiger partial charge is 0.330 e. The molecule has 2 heterocycles. The molecule has 1 aromatic heterocycles. The van der Waals surface area contributed by atoms with Crippen LogP contribution in [0.2, 0.25) is 0 Å². The monoisotopic (exact) mass is 395 g/mol. The molecule has 0 aromatic carbocycles. The summed E-state index contributed by atoms with van der Waals surface area (Å²) in [5, 5.41) is 0. The average molecular weight is 396 g/mol. The van der Waals surface area contributed by atoms with Gasteiger partial charge in [-0.15, -0.1) is 11.3 Å². The van der Waals surface area contributed by atoms with E-state index in [1.165, 1.54) is 15.6 Å². The predicted molar refractivity (Wildman–Crippen MR) is 96.0 cm³/mol. The van der Waals surface area contributed by atoms with Gasteiger partial charge in [-0.05, 0) is 43.9 Å². The smallest absolute Gasteiger partial charge is 0.252 e. The first kappa shape index (κ1) is 19.8. The molecular weight excluding hydrogens is 370 g/mol. The van der Waals surface area contributed by atoms with Gasteiger partial charge >= 0.3 is 0 Å². The Labute approximate surface area is 148 Å². The number of thiophene rings is 1. The minimum absolute atomic E-state index is 0.0337. The van der Waals surface area contributed by atoms with Gasteiger partial charge in [-0.2, -0.15) is 4.31 Å². The Balaban J connectivity index is 2.02. The zero-order valence-electron chi connectivity index (χ0n) is 14.0. The van der Waals surface area contributed by atoms with Crippen LogP contribution >= 0.6 is 11.3 Å². The number of nitrogens with two attached hydrogens (primary N) is 1. The van der Waals surface area contributed by atoms with Gasteiger partial charge in [-0.1, -0.05) is 6.92 Å². The topological polar surface area (TPSA) is 110 Å². The SMILES string of the molecule is CCS(=O)(=O)NCCc1ccc(S(=O)(=O)N2CCC(C)(CN)C2)s1. The maximum Gasteiger partial charge on any atom is 0.252 e. The van der Waals surface area contributed by atoms with Crippen molar-refractivity contribution in [1.82, 2.24) is 9.03 Å². The molecule has 0 amide bonds. The van der Waals surface area contributed by atoms with Gasteiger partial charge in [0.05, 0.1) is 5.75 Å². The van der Waals surface area contributed by atoms with Crippen molar-refractivity contribution in [3.05, 3.63) is 17.0 Å². The Hall–Kier alpha value is -0.520. The highest BCUT2D eigenvalue weighted by Crippen LogP contribution is 2.34. The van der Waals surface area contributed by atoms with E-state index in [1.807, 2.05) is 6.92 Å². The highest BCUT2D eigenvalue weighted by atomic mass is 32.2. The van der Waals surface area contributed by atoms with E-state index >= 15 is 0 Å². The highest BCUT2D eigenvalue weighted by Gasteiger charge is 2.39. The summed E-state index contributed by atoms with van der Waals surface area (Å²) in [7, 11) is -6.72. The lowest BCUT2D eigenvalue weighted by atomic mass is 9.90. The Morgan fingerprint density at radius 3 is 2.62 bits per heavy atom. The van der Waals surface area contributed by atoms with Crippen LogP contribution in [0.15, 0.2) is 16.3 Å². The van der Waals surface area contributed by atoms with Crippen LogP contribution in [0.3, 0.4) is 0 Å². The minimum Gasteiger partial charge on any atom is -0.330 e. The third-order valence-electron chi connectivity index (χ3n) is 4.32. The third-order valence-corrected chi connectivity index (χ3v) is 9.18. The van der Waals surface area contributed by atoms with E-state index in [-0.39, 0.29) is 17.7 Å². The highest BCUT2D eigenvalue weighted by molar-refractivity contribution is 7.91. The molecule has 1 saturated heterocycles. The number of nitrogens with zero attached hydrogens (tertiary/aromatic N) is 1. The number of nitrogens with one attached hydrogen (secondary N) is 1. The molecular formula is C14H25N3O4S3. The van der Waals surface area contributed by atoms with E-state index in [1.54, 1.807) is 19.1 Å². The van der Waals surface area contributed by atoms with Crippen LogP contribution in [0.5, 0.6) is 0 Å². The molecule has 0 radical (unpaired) electrons. The van der Waals surface area contributed by atoms with Crippen molar-refractivity contribution in [2.45, 2.75) is 30.9 Å². The molecule has 138 valence electrons. The summed E-state index contributed by atoms with van der Waals surface area (Å²) in [6.45, 7) is 5.23. The van der Waals surface area contributed by atoms with Gasteiger partial charge < -0.3 is 5.73 Å². The van der Waals surface area contributed by atoms with Crippen LogP contribution < -0.4 is 10.5 Å². The second-order valence-electron chi connectivity index (χ2n) is 6.37. The predicted octanol–water partition coefficient (Wildman–Crippen LogP) is 0.589. The van der Waals surface area contributed by atoms with E-state index in [9.17, 15) is 16.8 Å². The number of hydrogen-bond acceptors (Lipinski definition) is 6. The van der Waals surface area contributed by atoms with Gasteiger partial charge in [0.15, 0.2) is 0 Å². The molecule has 7 nitrogen and oxygen atoms in total. The van der Waals surface area contributed by atoms with Crippen LogP contribution in [0.25, 0.3) is 0 Å². The minimum atomic E-state index is -3.50. The Bertz CT molecular complexity index is 773. The third kappa shape index (κ3) is 4.55. The standard InChI is InChI=1S/C14H25N3O4S3/c1-3-23(18,19)16-8-6-12-4-5-13(22-12)24(20,21)17-9-7-14(2,10-15)11-17/h4-5,16H,3,6-11,15H2,1-2H3. The molecule has 10 heteroatoms. The molecule has 0 aliphatic carbocycles. The molecule has 2 rings (SSSR count). The second kappa shape index (κ2) is 7.38. The summed E-state index contributed by atoms with van der Waals surface area (Å²) in [5.41, 5.74) is 5.58. The molecule has 0 spiro atoms. The Morgan fingerprint density at radius 2 is 2.04 bits per heavy atom. The van der Waals surface area contributed by atoms with E-state index in [0.29, 0.717) is 30.3 Å². The molecule has 1 unspecified atom stereocenters. The van der Waals surface area contributed by atoms with Crippen LogP contribution in [-0.4, -0.2) is 53.1 Å². The Kier molecular flexibility index (Phi) is 6.09. The lowest BCUT2D eigenvalue weighted by Gasteiger charge is -2.21. The van der Waals surface area contributed by atoms with Gasteiger partial charge in [0.25, 0.3) is 10.0 Å². The summed E-state index contributed by atoms with van der Waals surface area (Å²) in [5.74, 6) is 0.0337. The first-order valence-corrected chi connectivity index (χ1v) is 11.8. The molecule has 1 aliphatic rings.